The monoisotopic (exact) mass is 440 g/mol. The van der Waals surface area contributed by atoms with Gasteiger partial charge in [0.2, 0.25) is 10.0 Å². The zero-order chi connectivity index (χ0) is 15.6. The molecule has 0 radical (unpaired) electrons. The fraction of sp³-hybridized carbons (Fsp3) is 0.417. The Hall–Kier alpha value is -0.640. The van der Waals surface area contributed by atoms with Gasteiger partial charge in [0.05, 0.1) is 12.0 Å². The van der Waals surface area contributed by atoms with Gasteiger partial charge in [-0.25, -0.2) is 13.2 Å². The van der Waals surface area contributed by atoms with E-state index in [1.54, 1.807) is 18.2 Å². The molecule has 0 bridgehead atoms. The van der Waals surface area contributed by atoms with Gasteiger partial charge in [-0.1, -0.05) is 15.9 Å². The third-order valence-electron chi connectivity index (χ3n) is 3.17. The number of hydrogen-bond acceptors (Lipinski definition) is 4. The van der Waals surface area contributed by atoms with Gasteiger partial charge < -0.3 is 10.1 Å². The van der Waals surface area contributed by atoms with Crippen LogP contribution in [0.1, 0.15) is 6.42 Å². The number of halogens is 2. The first-order chi connectivity index (χ1) is 9.84. The lowest BCUT2D eigenvalue weighted by atomic mass is 10.3. The van der Waals surface area contributed by atoms with Crippen LogP contribution in [0.2, 0.25) is 0 Å². The Balaban J connectivity index is 2.16. The van der Waals surface area contributed by atoms with Gasteiger partial charge in [-0.15, -0.1) is 0 Å². The second-order valence-corrected chi connectivity index (χ2v) is 8.24. The molecule has 1 fully saturated rings. The lowest BCUT2D eigenvalue weighted by Crippen LogP contribution is -2.38. The molecule has 0 saturated carbocycles. The van der Waals surface area contributed by atoms with E-state index in [-0.39, 0.29) is 17.5 Å². The quantitative estimate of drug-likeness (QED) is 0.780. The van der Waals surface area contributed by atoms with Gasteiger partial charge in [0.1, 0.15) is 0 Å². The number of hydrogen-bond donors (Lipinski definition) is 1. The highest BCUT2D eigenvalue weighted by Gasteiger charge is 2.34. The van der Waals surface area contributed by atoms with Gasteiger partial charge in [-0.2, -0.15) is 4.31 Å². The summed E-state index contributed by atoms with van der Waals surface area (Å²) < 4.78 is 32.4. The number of ether oxygens (including phenoxy) is 1. The predicted octanol–water partition coefficient (Wildman–Crippen LogP) is 2.33. The van der Waals surface area contributed by atoms with Crippen LogP contribution in [0.15, 0.2) is 32.0 Å². The largest absolute Gasteiger partial charge is 0.453 e. The molecule has 116 valence electrons. The van der Waals surface area contributed by atoms with Crippen molar-refractivity contribution in [2.24, 2.45) is 0 Å². The van der Waals surface area contributed by atoms with Crippen molar-refractivity contribution in [1.29, 1.82) is 0 Å². The van der Waals surface area contributed by atoms with E-state index in [0.717, 1.165) is 4.47 Å². The van der Waals surface area contributed by atoms with E-state index in [2.05, 4.69) is 41.9 Å². The van der Waals surface area contributed by atoms with Crippen LogP contribution in [-0.4, -0.2) is 45.1 Å². The molecule has 1 N–H and O–H groups in total. The molecule has 1 aromatic carbocycles. The van der Waals surface area contributed by atoms with E-state index < -0.39 is 16.1 Å². The maximum Gasteiger partial charge on any atom is 0.407 e. The standard InChI is InChI=1S/C12H14Br2N2O4S/c1-20-12(17)15-9-4-5-16(7-9)21(18,19)11-3-2-8(13)6-10(11)14/h2-3,6,9H,4-5,7H2,1H3,(H,15,17). The number of alkyl carbamates (subject to hydrolysis) is 1. The van der Waals surface area contributed by atoms with Crippen molar-refractivity contribution in [2.45, 2.75) is 17.4 Å². The number of amides is 1. The van der Waals surface area contributed by atoms with E-state index in [0.29, 0.717) is 17.4 Å². The van der Waals surface area contributed by atoms with Crippen molar-refractivity contribution in [3.8, 4) is 0 Å². The number of nitrogens with zero attached hydrogens (tertiary/aromatic N) is 1. The second-order valence-electron chi connectivity index (χ2n) is 4.56. The van der Waals surface area contributed by atoms with Gasteiger partial charge in [-0.3, -0.25) is 0 Å². The van der Waals surface area contributed by atoms with Crippen molar-refractivity contribution < 1.29 is 17.9 Å². The van der Waals surface area contributed by atoms with E-state index in [9.17, 15) is 13.2 Å². The van der Waals surface area contributed by atoms with E-state index >= 15 is 0 Å². The molecule has 1 heterocycles. The van der Waals surface area contributed by atoms with E-state index in [4.69, 9.17) is 0 Å². The molecule has 1 aliphatic rings. The highest BCUT2D eigenvalue weighted by Crippen LogP contribution is 2.29. The molecule has 0 spiro atoms. The molecule has 0 aliphatic carbocycles. The molecule has 1 unspecified atom stereocenters. The summed E-state index contributed by atoms with van der Waals surface area (Å²) in [6.45, 7) is 0.597. The molecule has 1 atom stereocenters. The fourth-order valence-corrected chi connectivity index (χ4v) is 5.32. The van der Waals surface area contributed by atoms with Crippen LogP contribution in [0.25, 0.3) is 0 Å². The van der Waals surface area contributed by atoms with Crippen LogP contribution in [0.3, 0.4) is 0 Å². The maximum atomic E-state index is 12.6. The van der Waals surface area contributed by atoms with Crippen LogP contribution in [0.5, 0.6) is 0 Å². The second kappa shape index (κ2) is 6.64. The van der Waals surface area contributed by atoms with Gasteiger partial charge in [0.25, 0.3) is 0 Å². The smallest absolute Gasteiger partial charge is 0.407 e. The molecule has 0 aromatic heterocycles. The summed E-state index contributed by atoms with van der Waals surface area (Å²) in [6.07, 6.45) is 0.00623. The first-order valence-electron chi connectivity index (χ1n) is 6.14. The Morgan fingerprint density at radius 3 is 2.76 bits per heavy atom. The van der Waals surface area contributed by atoms with E-state index in [1.165, 1.54) is 11.4 Å². The molecule has 1 aromatic rings. The summed E-state index contributed by atoms with van der Waals surface area (Å²) >= 11 is 6.56. The molecular formula is C12H14Br2N2O4S. The minimum atomic E-state index is -3.59. The molecule has 1 saturated heterocycles. The number of methoxy groups -OCH3 is 1. The third kappa shape index (κ3) is 3.77. The molecule has 2 rings (SSSR count). The normalized spacial score (nSPS) is 19.5. The summed E-state index contributed by atoms with van der Waals surface area (Å²) in [5, 5.41) is 2.62. The lowest BCUT2D eigenvalue weighted by molar-refractivity contribution is 0.167. The van der Waals surface area contributed by atoms with Crippen LogP contribution >= 0.6 is 31.9 Å². The number of benzene rings is 1. The summed E-state index contributed by atoms with van der Waals surface area (Å²) in [5.74, 6) is 0. The minimum absolute atomic E-state index is 0.212. The third-order valence-corrected chi connectivity index (χ3v) is 6.51. The van der Waals surface area contributed by atoms with Crippen molar-refractivity contribution in [3.63, 3.8) is 0 Å². The van der Waals surface area contributed by atoms with Gasteiger partial charge in [-0.05, 0) is 40.5 Å². The van der Waals surface area contributed by atoms with Crippen molar-refractivity contribution in [2.75, 3.05) is 20.2 Å². The summed E-state index contributed by atoms with van der Waals surface area (Å²) in [7, 11) is -2.31. The molecule has 21 heavy (non-hydrogen) atoms. The summed E-state index contributed by atoms with van der Waals surface area (Å²) in [6, 6.07) is 4.68. The molecule has 9 heteroatoms. The van der Waals surface area contributed by atoms with E-state index in [1.807, 2.05) is 0 Å². The SMILES string of the molecule is COC(=O)NC1CCN(S(=O)(=O)c2ccc(Br)cc2Br)C1. The van der Waals surface area contributed by atoms with Gasteiger partial charge >= 0.3 is 6.09 Å². The molecule has 1 amide bonds. The highest BCUT2D eigenvalue weighted by molar-refractivity contribution is 9.11. The molecule has 1 aliphatic heterocycles. The minimum Gasteiger partial charge on any atom is -0.453 e. The van der Waals surface area contributed by atoms with Crippen molar-refractivity contribution in [1.82, 2.24) is 9.62 Å². The first kappa shape index (κ1) is 16.7. The predicted molar refractivity (Wildman–Crippen MR) is 84.5 cm³/mol. The zero-order valence-electron chi connectivity index (χ0n) is 11.2. The number of sulfonamides is 1. The van der Waals surface area contributed by atoms with Crippen LogP contribution in [0, 0.1) is 0 Å². The Labute approximate surface area is 140 Å². The Morgan fingerprint density at radius 2 is 2.14 bits per heavy atom. The Kier molecular flexibility index (Phi) is 5.29. The first-order valence-corrected chi connectivity index (χ1v) is 9.17. The average molecular weight is 442 g/mol. The van der Waals surface area contributed by atoms with Crippen LogP contribution in [-0.2, 0) is 14.8 Å². The number of nitrogens with one attached hydrogen (secondary N) is 1. The molecular weight excluding hydrogens is 428 g/mol. The Bertz CT molecular complexity index is 651. The van der Waals surface area contributed by atoms with Crippen molar-refractivity contribution >= 4 is 48.0 Å². The highest BCUT2D eigenvalue weighted by atomic mass is 79.9. The zero-order valence-corrected chi connectivity index (χ0v) is 15.2. The number of rotatable bonds is 3. The number of carbonyl (C=O) groups excluding carboxylic acids is 1. The van der Waals surface area contributed by atoms with Crippen molar-refractivity contribution in [3.05, 3.63) is 27.1 Å². The fourth-order valence-electron chi connectivity index (χ4n) is 2.11. The lowest BCUT2D eigenvalue weighted by Gasteiger charge is -2.18. The summed E-state index contributed by atoms with van der Waals surface area (Å²) in [5.41, 5.74) is 0. The Morgan fingerprint density at radius 1 is 1.43 bits per heavy atom. The molecule has 6 nitrogen and oxygen atoms in total. The van der Waals surface area contributed by atoms with Gasteiger partial charge in [0, 0.05) is 28.1 Å². The maximum absolute atomic E-state index is 12.6. The average Bonchev–Trinajstić information content (AvgIpc) is 2.87. The van der Waals surface area contributed by atoms with Crippen LogP contribution < -0.4 is 5.32 Å². The number of carbonyl (C=O) groups is 1. The van der Waals surface area contributed by atoms with Crippen LogP contribution in [0.4, 0.5) is 4.79 Å². The topological polar surface area (TPSA) is 75.7 Å². The van der Waals surface area contributed by atoms with Gasteiger partial charge in [0.15, 0.2) is 0 Å². The summed E-state index contributed by atoms with van der Waals surface area (Å²) in [4.78, 5) is 11.4.